The van der Waals surface area contributed by atoms with Gasteiger partial charge in [0.1, 0.15) is 5.25 Å². The zero-order valence-corrected chi connectivity index (χ0v) is 17.1. The minimum absolute atomic E-state index is 0.00208. The Hall–Kier alpha value is -2.31. The Morgan fingerprint density at radius 1 is 1.14 bits per heavy atom. The van der Waals surface area contributed by atoms with Crippen LogP contribution in [0.3, 0.4) is 0 Å². The van der Waals surface area contributed by atoms with E-state index in [-0.39, 0.29) is 29.7 Å². The number of esters is 1. The summed E-state index contributed by atoms with van der Waals surface area (Å²) in [7, 11) is 1.39. The molecule has 1 N–H and O–H groups in total. The molecule has 148 valence electrons. The fourth-order valence-electron chi connectivity index (χ4n) is 3.28. The molecule has 0 unspecified atom stereocenters. The highest BCUT2D eigenvalue weighted by Gasteiger charge is 2.29. The van der Waals surface area contributed by atoms with Crippen LogP contribution >= 0.6 is 11.8 Å². The molecule has 1 aliphatic heterocycles. The monoisotopic (exact) mass is 398 g/mol. The van der Waals surface area contributed by atoms with Crippen molar-refractivity contribution in [2.45, 2.75) is 18.2 Å². The lowest BCUT2D eigenvalue weighted by Crippen LogP contribution is -2.48. The van der Waals surface area contributed by atoms with Gasteiger partial charge >= 0.3 is 5.97 Å². The van der Waals surface area contributed by atoms with Crippen molar-refractivity contribution >= 4 is 23.6 Å². The summed E-state index contributed by atoms with van der Waals surface area (Å²) in [5, 5.41) is 3.11. The molecule has 1 amide bonds. The van der Waals surface area contributed by atoms with Gasteiger partial charge in [0, 0.05) is 18.8 Å². The first-order valence-electron chi connectivity index (χ1n) is 9.40. The fraction of sp³-hybridized carbons (Fsp3) is 0.364. The highest BCUT2D eigenvalue weighted by Crippen LogP contribution is 2.23. The van der Waals surface area contributed by atoms with Crippen LogP contribution in [0, 0.1) is 6.92 Å². The predicted octanol–water partition coefficient (Wildman–Crippen LogP) is 2.79. The summed E-state index contributed by atoms with van der Waals surface area (Å²) in [6.07, 6.45) is 0. The minimum atomic E-state index is -0.301. The van der Waals surface area contributed by atoms with Crippen molar-refractivity contribution < 1.29 is 14.3 Å². The summed E-state index contributed by atoms with van der Waals surface area (Å²) in [5.74, 6) is 0.477. The van der Waals surface area contributed by atoms with Crippen LogP contribution < -0.4 is 5.32 Å². The first-order valence-corrected chi connectivity index (χ1v) is 10.5. The molecule has 1 heterocycles. The van der Waals surface area contributed by atoms with Crippen LogP contribution in [0.25, 0.3) is 0 Å². The zero-order valence-electron chi connectivity index (χ0n) is 16.3. The Morgan fingerprint density at radius 3 is 2.50 bits per heavy atom. The number of hydrogen-bond acceptors (Lipinski definition) is 5. The fourth-order valence-corrected chi connectivity index (χ4v) is 4.41. The van der Waals surface area contributed by atoms with Gasteiger partial charge in [0.05, 0.1) is 19.7 Å². The van der Waals surface area contributed by atoms with E-state index in [1.54, 1.807) is 16.7 Å². The number of nitrogens with one attached hydrogen (secondary N) is 1. The summed E-state index contributed by atoms with van der Waals surface area (Å²) in [6, 6.07) is 18.4. The van der Waals surface area contributed by atoms with E-state index in [2.05, 4.69) is 48.6 Å². The van der Waals surface area contributed by atoms with E-state index in [1.165, 1.54) is 12.7 Å². The maximum absolute atomic E-state index is 12.8. The summed E-state index contributed by atoms with van der Waals surface area (Å²) >= 11 is 1.55. The van der Waals surface area contributed by atoms with Gasteiger partial charge in [0.15, 0.2) is 0 Å². The number of methoxy groups -OCH3 is 1. The van der Waals surface area contributed by atoms with E-state index >= 15 is 0 Å². The number of carbonyl (C=O) groups excluding carboxylic acids is 2. The Morgan fingerprint density at radius 2 is 1.82 bits per heavy atom. The van der Waals surface area contributed by atoms with Crippen LogP contribution in [0.15, 0.2) is 54.6 Å². The zero-order chi connectivity index (χ0) is 19.9. The number of rotatable bonds is 6. The standard InChI is InChI=1S/C22H26N2O3S/c1-16-8-10-18(11-9-16)21(17-6-4-3-5-7-17)23-14-20(25)24-12-13-28-19(15-24)22(26)27-2/h3-11,19,21,23H,12-15H2,1-2H3/t19-,21+/m0/s1. The molecular formula is C22H26N2O3S. The van der Waals surface area contributed by atoms with E-state index in [1.807, 2.05) is 18.2 Å². The third-order valence-corrected chi connectivity index (χ3v) is 6.05. The van der Waals surface area contributed by atoms with E-state index < -0.39 is 0 Å². The molecule has 3 rings (SSSR count). The van der Waals surface area contributed by atoms with Gasteiger partial charge in [-0.25, -0.2) is 0 Å². The van der Waals surface area contributed by atoms with Crippen LogP contribution in [0.1, 0.15) is 22.7 Å². The topological polar surface area (TPSA) is 58.6 Å². The quantitative estimate of drug-likeness (QED) is 0.759. The molecule has 0 spiro atoms. The molecule has 0 saturated carbocycles. The number of carbonyl (C=O) groups is 2. The number of hydrogen-bond donors (Lipinski definition) is 1. The lowest BCUT2D eigenvalue weighted by atomic mass is 9.98. The van der Waals surface area contributed by atoms with E-state index in [4.69, 9.17) is 4.74 Å². The summed E-state index contributed by atoms with van der Waals surface area (Å²) in [6.45, 7) is 3.33. The minimum Gasteiger partial charge on any atom is -0.468 e. The third-order valence-electron chi connectivity index (χ3n) is 4.88. The Balaban J connectivity index is 1.68. The summed E-state index contributed by atoms with van der Waals surface area (Å²) in [4.78, 5) is 26.3. The molecule has 0 radical (unpaired) electrons. The SMILES string of the molecule is COC(=O)[C@@H]1CN(C(=O)CN[C@H](c2ccccc2)c2ccc(C)cc2)CCS1. The summed E-state index contributed by atoms with van der Waals surface area (Å²) in [5.41, 5.74) is 3.43. The highest BCUT2D eigenvalue weighted by molar-refractivity contribution is 8.00. The van der Waals surface area contributed by atoms with Gasteiger partial charge in [0.25, 0.3) is 0 Å². The van der Waals surface area contributed by atoms with E-state index in [9.17, 15) is 9.59 Å². The van der Waals surface area contributed by atoms with Crippen molar-refractivity contribution in [2.75, 3.05) is 32.5 Å². The van der Waals surface area contributed by atoms with Crippen molar-refractivity contribution in [3.63, 3.8) is 0 Å². The Bertz CT molecular complexity index is 795. The second kappa shape index (κ2) is 9.75. The molecule has 28 heavy (non-hydrogen) atoms. The van der Waals surface area contributed by atoms with Crippen molar-refractivity contribution in [3.8, 4) is 0 Å². The molecule has 1 fully saturated rings. The number of thioether (sulfide) groups is 1. The van der Waals surface area contributed by atoms with Gasteiger partial charge in [-0.3, -0.25) is 14.9 Å². The van der Waals surface area contributed by atoms with Crippen LogP contribution in [0.2, 0.25) is 0 Å². The van der Waals surface area contributed by atoms with Gasteiger partial charge in [-0.15, -0.1) is 11.8 Å². The van der Waals surface area contributed by atoms with Gasteiger partial charge in [-0.1, -0.05) is 60.2 Å². The first-order chi connectivity index (χ1) is 13.6. The van der Waals surface area contributed by atoms with Gasteiger partial charge in [0.2, 0.25) is 5.91 Å². The maximum Gasteiger partial charge on any atom is 0.320 e. The molecule has 0 aliphatic carbocycles. The molecule has 2 aromatic carbocycles. The van der Waals surface area contributed by atoms with Gasteiger partial charge in [-0.2, -0.15) is 0 Å². The second-order valence-corrected chi connectivity index (χ2v) is 8.17. The number of ether oxygens (including phenoxy) is 1. The molecule has 0 aromatic heterocycles. The smallest absolute Gasteiger partial charge is 0.320 e. The molecule has 2 aromatic rings. The van der Waals surface area contributed by atoms with Crippen LogP contribution in [-0.4, -0.2) is 54.5 Å². The van der Waals surface area contributed by atoms with E-state index in [0.717, 1.165) is 16.9 Å². The molecule has 1 aliphatic rings. The average molecular weight is 399 g/mol. The van der Waals surface area contributed by atoms with Gasteiger partial charge in [-0.05, 0) is 18.1 Å². The van der Waals surface area contributed by atoms with Crippen LogP contribution in [0.5, 0.6) is 0 Å². The normalized spacial score (nSPS) is 17.8. The predicted molar refractivity (Wildman–Crippen MR) is 112 cm³/mol. The number of benzene rings is 2. The average Bonchev–Trinajstić information content (AvgIpc) is 2.75. The van der Waals surface area contributed by atoms with Crippen molar-refractivity contribution in [2.24, 2.45) is 0 Å². The van der Waals surface area contributed by atoms with Crippen LogP contribution in [-0.2, 0) is 14.3 Å². The number of amides is 1. The third kappa shape index (κ3) is 5.14. The van der Waals surface area contributed by atoms with Crippen molar-refractivity contribution in [1.29, 1.82) is 0 Å². The highest BCUT2D eigenvalue weighted by atomic mass is 32.2. The molecule has 5 nitrogen and oxygen atoms in total. The molecule has 0 bridgehead atoms. The molecule has 2 atom stereocenters. The molecule has 6 heteroatoms. The van der Waals surface area contributed by atoms with Crippen LogP contribution in [0.4, 0.5) is 0 Å². The van der Waals surface area contributed by atoms with Crippen molar-refractivity contribution in [3.05, 3.63) is 71.3 Å². The Labute approximate surface area is 170 Å². The van der Waals surface area contributed by atoms with Gasteiger partial charge < -0.3 is 9.64 Å². The lowest BCUT2D eigenvalue weighted by Gasteiger charge is -2.31. The largest absolute Gasteiger partial charge is 0.468 e. The Kier molecular flexibility index (Phi) is 7.12. The maximum atomic E-state index is 12.8. The lowest BCUT2D eigenvalue weighted by molar-refractivity contribution is -0.141. The summed E-state index contributed by atoms with van der Waals surface area (Å²) < 4.78 is 4.83. The number of aryl methyl sites for hydroxylation is 1. The molecular weight excluding hydrogens is 372 g/mol. The second-order valence-electron chi connectivity index (χ2n) is 6.86. The molecule has 1 saturated heterocycles. The first kappa shape index (κ1) is 20.4. The van der Waals surface area contributed by atoms with E-state index in [0.29, 0.717) is 13.1 Å². The number of nitrogens with zero attached hydrogens (tertiary/aromatic N) is 1. The van der Waals surface area contributed by atoms with Crippen molar-refractivity contribution in [1.82, 2.24) is 10.2 Å².